The average Bonchev–Trinajstić information content (AvgIpc) is 3.31. The summed E-state index contributed by atoms with van der Waals surface area (Å²) in [4.78, 5) is 21.6. The number of benzene rings is 2. The van der Waals surface area contributed by atoms with Crippen molar-refractivity contribution in [3.63, 3.8) is 0 Å². The summed E-state index contributed by atoms with van der Waals surface area (Å²) in [7, 11) is 3.01. The Hall–Kier alpha value is -3.23. The second-order valence-corrected chi connectivity index (χ2v) is 10.6. The van der Waals surface area contributed by atoms with Crippen molar-refractivity contribution in [1.29, 1.82) is 0 Å². The number of aliphatic imine (C=N–C) groups is 1. The molecular formula is C28H29F6N3O4S. The van der Waals surface area contributed by atoms with Gasteiger partial charge in [-0.2, -0.15) is 31.3 Å². The number of rotatable bonds is 9. The van der Waals surface area contributed by atoms with Gasteiger partial charge in [0.05, 0.1) is 23.1 Å². The number of carbonyl (C=O) groups is 1. The van der Waals surface area contributed by atoms with Crippen molar-refractivity contribution in [2.24, 2.45) is 4.99 Å². The fraction of sp³-hybridized carbons (Fsp3) is 0.429. The number of piperazine rings is 1. The minimum absolute atomic E-state index is 0.0702. The molecule has 1 saturated heterocycles. The summed E-state index contributed by atoms with van der Waals surface area (Å²) in [6.07, 6.45) is -7.34. The number of hydrogen-bond acceptors (Lipinski definition) is 7. The summed E-state index contributed by atoms with van der Waals surface area (Å²) in [6, 6.07) is 5.99. The number of amidine groups is 1. The van der Waals surface area contributed by atoms with Crippen LogP contribution in [0, 0.1) is 0 Å². The van der Waals surface area contributed by atoms with Crippen LogP contribution in [0.5, 0.6) is 11.5 Å². The maximum absolute atomic E-state index is 13.5. The number of alkyl halides is 6. The summed E-state index contributed by atoms with van der Waals surface area (Å²) in [5.41, 5.74) is -2.73. The van der Waals surface area contributed by atoms with Crippen molar-refractivity contribution in [3.8, 4) is 11.5 Å². The number of halogens is 6. The van der Waals surface area contributed by atoms with Crippen LogP contribution in [0.2, 0.25) is 0 Å². The van der Waals surface area contributed by atoms with Crippen molar-refractivity contribution in [2.45, 2.75) is 25.4 Å². The molecule has 0 spiro atoms. The van der Waals surface area contributed by atoms with Crippen molar-refractivity contribution >= 4 is 28.9 Å². The summed E-state index contributed by atoms with van der Waals surface area (Å²) < 4.78 is 95.3. The van der Waals surface area contributed by atoms with Gasteiger partial charge in [0.15, 0.2) is 16.7 Å². The van der Waals surface area contributed by atoms with Gasteiger partial charge in [-0.05, 0) is 54.1 Å². The van der Waals surface area contributed by atoms with Crippen molar-refractivity contribution in [2.75, 3.05) is 53.6 Å². The molecule has 0 bridgehead atoms. The lowest BCUT2D eigenvalue weighted by molar-refractivity contribution is -0.143. The van der Waals surface area contributed by atoms with E-state index in [2.05, 4.69) is 14.8 Å². The van der Waals surface area contributed by atoms with Crippen molar-refractivity contribution < 1.29 is 45.3 Å². The third-order valence-electron chi connectivity index (χ3n) is 6.69. The Labute approximate surface area is 243 Å². The highest BCUT2D eigenvalue weighted by Crippen LogP contribution is 2.39. The Kier molecular flexibility index (Phi) is 10.1. The molecule has 1 fully saturated rings. The van der Waals surface area contributed by atoms with E-state index in [0.29, 0.717) is 28.3 Å². The van der Waals surface area contributed by atoms with E-state index in [4.69, 9.17) is 14.2 Å². The lowest BCUT2D eigenvalue weighted by Crippen LogP contribution is -2.48. The summed E-state index contributed by atoms with van der Waals surface area (Å²) in [6.45, 7) is 4.21. The van der Waals surface area contributed by atoms with E-state index in [1.807, 2.05) is 0 Å². The van der Waals surface area contributed by atoms with Crippen molar-refractivity contribution in [1.82, 2.24) is 9.80 Å². The zero-order chi connectivity index (χ0) is 30.5. The highest BCUT2D eigenvalue weighted by atomic mass is 32.2. The van der Waals surface area contributed by atoms with Crippen LogP contribution in [0.3, 0.4) is 0 Å². The SMILES string of the molecule is COCCCN1CCN(C2=NC(=O)/C(=C\c3ccc(OCc4ccc(C(F)(F)F)cc4C(F)(F)F)c(OC)c3)S2)CC1. The normalized spacial score (nSPS) is 17.6. The standard InChI is InChI=1S/C28H29F6N3O4S/c1-39-13-3-8-36-9-11-37(12-10-36)26-35-25(38)24(42-26)15-18-4-7-22(23(14-18)40-2)41-17-19-5-6-20(27(29,30)31)16-21(19)28(32,33)34/h4-7,14-16H,3,8-13,17H2,1-2H3/b24-15+. The number of amides is 1. The van der Waals surface area contributed by atoms with E-state index >= 15 is 0 Å². The van der Waals surface area contributed by atoms with Gasteiger partial charge in [0, 0.05) is 52.0 Å². The Morgan fingerprint density at radius 2 is 1.69 bits per heavy atom. The molecule has 2 heterocycles. The number of carbonyl (C=O) groups excluding carboxylic acids is 1. The molecule has 0 aromatic heterocycles. The Morgan fingerprint density at radius 3 is 2.33 bits per heavy atom. The zero-order valence-electron chi connectivity index (χ0n) is 22.8. The Balaban J connectivity index is 1.41. The van der Waals surface area contributed by atoms with Crippen LogP contribution < -0.4 is 9.47 Å². The monoisotopic (exact) mass is 617 g/mol. The first-order valence-electron chi connectivity index (χ1n) is 13.0. The number of methoxy groups -OCH3 is 2. The fourth-order valence-corrected chi connectivity index (χ4v) is 5.44. The minimum Gasteiger partial charge on any atom is -0.493 e. The van der Waals surface area contributed by atoms with Crippen LogP contribution in [0.15, 0.2) is 46.3 Å². The van der Waals surface area contributed by atoms with Crippen LogP contribution in [0.25, 0.3) is 6.08 Å². The third-order valence-corrected chi connectivity index (χ3v) is 7.73. The van der Waals surface area contributed by atoms with Gasteiger partial charge in [-0.25, -0.2) is 0 Å². The third kappa shape index (κ3) is 7.98. The van der Waals surface area contributed by atoms with E-state index in [0.717, 1.165) is 45.2 Å². The molecule has 42 heavy (non-hydrogen) atoms. The van der Waals surface area contributed by atoms with Crippen LogP contribution >= 0.6 is 11.8 Å². The largest absolute Gasteiger partial charge is 0.493 e. The molecule has 228 valence electrons. The van der Waals surface area contributed by atoms with E-state index in [1.165, 1.54) is 24.9 Å². The molecule has 2 aromatic carbocycles. The second kappa shape index (κ2) is 13.4. The molecular weight excluding hydrogens is 588 g/mol. The minimum atomic E-state index is -5.01. The zero-order valence-corrected chi connectivity index (χ0v) is 23.7. The maximum atomic E-state index is 13.5. The van der Waals surface area contributed by atoms with Crippen LogP contribution in [0.4, 0.5) is 26.3 Å². The van der Waals surface area contributed by atoms with Gasteiger partial charge in [-0.1, -0.05) is 12.1 Å². The van der Waals surface area contributed by atoms with E-state index in [-0.39, 0.29) is 23.5 Å². The van der Waals surface area contributed by atoms with Gasteiger partial charge in [0.2, 0.25) is 0 Å². The van der Waals surface area contributed by atoms with E-state index in [9.17, 15) is 31.1 Å². The van der Waals surface area contributed by atoms with Gasteiger partial charge in [0.25, 0.3) is 5.91 Å². The Morgan fingerprint density at radius 1 is 0.952 bits per heavy atom. The molecule has 14 heteroatoms. The van der Waals surface area contributed by atoms with Crippen LogP contribution in [-0.4, -0.2) is 74.4 Å². The van der Waals surface area contributed by atoms with Crippen molar-refractivity contribution in [3.05, 3.63) is 63.6 Å². The van der Waals surface area contributed by atoms with Gasteiger partial charge >= 0.3 is 12.4 Å². The molecule has 0 atom stereocenters. The molecule has 4 rings (SSSR count). The van der Waals surface area contributed by atoms with Gasteiger partial charge in [0.1, 0.15) is 6.61 Å². The molecule has 0 N–H and O–H groups in total. The molecule has 0 aliphatic carbocycles. The fourth-order valence-electron chi connectivity index (χ4n) is 4.47. The molecule has 2 aliphatic rings. The Bertz CT molecular complexity index is 1340. The topological polar surface area (TPSA) is 63.6 Å². The first-order valence-corrected chi connectivity index (χ1v) is 13.8. The van der Waals surface area contributed by atoms with Crippen LogP contribution in [0.1, 0.15) is 28.7 Å². The van der Waals surface area contributed by atoms with Gasteiger partial charge < -0.3 is 19.1 Å². The van der Waals surface area contributed by atoms with Gasteiger partial charge in [-0.15, -0.1) is 0 Å². The number of ether oxygens (including phenoxy) is 3. The summed E-state index contributed by atoms with van der Waals surface area (Å²) in [5.74, 6) is -0.122. The molecule has 0 radical (unpaired) electrons. The molecule has 0 unspecified atom stereocenters. The molecule has 7 nitrogen and oxygen atoms in total. The maximum Gasteiger partial charge on any atom is 0.416 e. The average molecular weight is 618 g/mol. The highest BCUT2D eigenvalue weighted by Gasteiger charge is 2.38. The quantitative estimate of drug-likeness (QED) is 0.196. The smallest absolute Gasteiger partial charge is 0.416 e. The first kappa shape index (κ1) is 31.7. The van der Waals surface area contributed by atoms with Crippen LogP contribution in [-0.2, 0) is 28.5 Å². The lowest BCUT2D eigenvalue weighted by atomic mass is 10.0. The van der Waals surface area contributed by atoms with Gasteiger partial charge in [-0.3, -0.25) is 9.69 Å². The number of nitrogens with zero attached hydrogens (tertiary/aromatic N) is 3. The predicted octanol–water partition coefficient (Wildman–Crippen LogP) is 5.94. The van der Waals surface area contributed by atoms with E-state index in [1.54, 1.807) is 25.3 Å². The number of hydrogen-bond donors (Lipinski definition) is 0. The predicted molar refractivity (Wildman–Crippen MR) is 146 cm³/mol. The van der Waals surface area contributed by atoms with E-state index < -0.39 is 35.6 Å². The molecule has 1 amide bonds. The first-order chi connectivity index (χ1) is 19.9. The number of thioether (sulfide) groups is 1. The summed E-state index contributed by atoms with van der Waals surface area (Å²) >= 11 is 1.27. The lowest BCUT2D eigenvalue weighted by Gasteiger charge is -2.35. The second-order valence-electron chi connectivity index (χ2n) is 9.55. The molecule has 2 aromatic rings. The summed E-state index contributed by atoms with van der Waals surface area (Å²) in [5, 5.41) is 0.631. The molecule has 0 saturated carbocycles. The molecule has 2 aliphatic heterocycles. The highest BCUT2D eigenvalue weighted by molar-refractivity contribution is 8.18.